The van der Waals surface area contributed by atoms with Crippen molar-refractivity contribution in [2.24, 2.45) is 0 Å². The molecule has 0 spiro atoms. The molecule has 0 saturated carbocycles. The molecule has 0 aliphatic carbocycles. The number of halogens is 2. The molecule has 7 nitrogen and oxygen atoms in total. The second kappa shape index (κ2) is 10.0. The molecule has 2 heterocycles. The maximum Gasteiger partial charge on any atom is 0.340 e. The zero-order valence-electron chi connectivity index (χ0n) is 17.6. The van der Waals surface area contributed by atoms with Crippen molar-refractivity contribution in [3.8, 4) is 0 Å². The molecule has 0 unspecified atom stereocenters. The van der Waals surface area contributed by atoms with E-state index in [0.717, 1.165) is 19.7 Å². The average Bonchev–Trinajstić information content (AvgIpc) is 2.75. The molecule has 0 saturated heterocycles. The molecule has 33 heavy (non-hydrogen) atoms. The molecule has 0 N–H and O–H groups in total. The van der Waals surface area contributed by atoms with E-state index in [1.165, 1.54) is 0 Å². The summed E-state index contributed by atoms with van der Waals surface area (Å²) in [5, 5.41) is 1.48. The standard InChI is InChI=1S/C24H19Br2NO6/c1-2-31-22(28)13-27(11-16-7-14-9-18(25)3-5-20(14)32-23(16)29)12-17-8-15-10-19(26)4-6-21(15)33-24(17)30/h3-10H,2,11-13H2,1H3. The second-order valence-electron chi connectivity index (χ2n) is 7.43. The first-order chi connectivity index (χ1) is 15.8. The minimum atomic E-state index is -0.506. The first-order valence-corrected chi connectivity index (χ1v) is 11.7. The summed E-state index contributed by atoms with van der Waals surface area (Å²) in [4.78, 5) is 39.1. The fourth-order valence-corrected chi connectivity index (χ4v) is 4.29. The Kier molecular flexibility index (Phi) is 7.11. The molecule has 4 aromatic rings. The Morgan fingerprint density at radius 2 is 1.33 bits per heavy atom. The summed E-state index contributed by atoms with van der Waals surface area (Å²) in [6.45, 7) is 2.00. The third-order valence-electron chi connectivity index (χ3n) is 4.98. The number of hydrogen-bond donors (Lipinski definition) is 0. The van der Waals surface area contributed by atoms with Crippen molar-refractivity contribution >= 4 is 59.8 Å². The van der Waals surface area contributed by atoms with E-state index in [2.05, 4.69) is 31.9 Å². The first-order valence-electron chi connectivity index (χ1n) is 10.1. The highest BCUT2D eigenvalue weighted by Crippen LogP contribution is 2.22. The quantitative estimate of drug-likeness (QED) is 0.226. The van der Waals surface area contributed by atoms with Crippen molar-refractivity contribution in [3.05, 3.63) is 89.4 Å². The van der Waals surface area contributed by atoms with Gasteiger partial charge >= 0.3 is 17.2 Å². The number of ether oxygens (including phenoxy) is 1. The molecule has 9 heteroatoms. The largest absolute Gasteiger partial charge is 0.465 e. The van der Waals surface area contributed by atoms with Crippen molar-refractivity contribution < 1.29 is 18.4 Å². The third-order valence-corrected chi connectivity index (χ3v) is 5.97. The third kappa shape index (κ3) is 5.61. The lowest BCUT2D eigenvalue weighted by Gasteiger charge is -2.20. The lowest BCUT2D eigenvalue weighted by molar-refractivity contribution is -0.144. The Labute approximate surface area is 205 Å². The van der Waals surface area contributed by atoms with Crippen LogP contribution in [0, 0.1) is 0 Å². The average molecular weight is 577 g/mol. The molecule has 4 rings (SSSR count). The predicted octanol–water partition coefficient (Wildman–Crippen LogP) is 4.99. The molecule has 0 bridgehead atoms. The van der Waals surface area contributed by atoms with Crippen LogP contribution in [-0.2, 0) is 22.6 Å². The summed E-state index contributed by atoms with van der Waals surface area (Å²) < 4.78 is 17.7. The van der Waals surface area contributed by atoms with Gasteiger partial charge in [0, 0.05) is 32.8 Å². The highest BCUT2D eigenvalue weighted by molar-refractivity contribution is 9.10. The molecule has 0 amide bonds. The van der Waals surface area contributed by atoms with E-state index in [0.29, 0.717) is 22.3 Å². The van der Waals surface area contributed by atoms with Gasteiger partial charge in [-0.1, -0.05) is 31.9 Å². The number of benzene rings is 2. The van der Waals surface area contributed by atoms with Crippen molar-refractivity contribution in [1.29, 1.82) is 0 Å². The summed E-state index contributed by atoms with van der Waals surface area (Å²) in [5.74, 6) is -0.460. The Morgan fingerprint density at radius 1 is 0.848 bits per heavy atom. The molecule has 0 aliphatic heterocycles. The number of fused-ring (bicyclic) bond motifs is 2. The van der Waals surface area contributed by atoms with Crippen LogP contribution in [0.5, 0.6) is 0 Å². The fourth-order valence-electron chi connectivity index (χ4n) is 3.53. The van der Waals surface area contributed by atoms with E-state index in [1.807, 2.05) is 12.1 Å². The van der Waals surface area contributed by atoms with E-state index in [-0.39, 0.29) is 26.2 Å². The van der Waals surface area contributed by atoms with Gasteiger partial charge in [-0.15, -0.1) is 0 Å². The fraction of sp³-hybridized carbons (Fsp3) is 0.208. The molecule has 0 aliphatic rings. The van der Waals surface area contributed by atoms with Crippen LogP contribution in [0.1, 0.15) is 18.1 Å². The van der Waals surface area contributed by atoms with Crippen LogP contribution in [0.25, 0.3) is 21.9 Å². The minimum Gasteiger partial charge on any atom is -0.465 e. The van der Waals surface area contributed by atoms with Gasteiger partial charge in [0.15, 0.2) is 0 Å². The van der Waals surface area contributed by atoms with Gasteiger partial charge in [0.25, 0.3) is 0 Å². The highest BCUT2D eigenvalue weighted by Gasteiger charge is 2.18. The van der Waals surface area contributed by atoms with Gasteiger partial charge in [-0.3, -0.25) is 9.69 Å². The van der Waals surface area contributed by atoms with Crippen LogP contribution in [0.4, 0.5) is 0 Å². The van der Waals surface area contributed by atoms with E-state index >= 15 is 0 Å². The Hall–Kier alpha value is -2.75. The van der Waals surface area contributed by atoms with E-state index in [1.54, 1.807) is 48.2 Å². The van der Waals surface area contributed by atoms with E-state index in [9.17, 15) is 14.4 Å². The molecule has 0 fully saturated rings. The number of esters is 1. The number of carbonyl (C=O) groups is 1. The van der Waals surface area contributed by atoms with Crippen molar-refractivity contribution in [2.75, 3.05) is 13.2 Å². The molecule has 2 aromatic carbocycles. The van der Waals surface area contributed by atoms with Crippen LogP contribution < -0.4 is 11.3 Å². The lowest BCUT2D eigenvalue weighted by atomic mass is 10.1. The maximum absolute atomic E-state index is 12.6. The maximum atomic E-state index is 12.6. The van der Waals surface area contributed by atoms with Gasteiger partial charge in [-0.25, -0.2) is 9.59 Å². The molecule has 2 aromatic heterocycles. The number of rotatable bonds is 7. The normalized spacial score (nSPS) is 11.4. The number of hydrogen-bond acceptors (Lipinski definition) is 7. The highest BCUT2D eigenvalue weighted by atomic mass is 79.9. The van der Waals surface area contributed by atoms with Gasteiger partial charge in [-0.2, -0.15) is 0 Å². The summed E-state index contributed by atoms with van der Waals surface area (Å²) in [6.07, 6.45) is 0. The Morgan fingerprint density at radius 3 is 1.79 bits per heavy atom. The van der Waals surface area contributed by atoms with Gasteiger partial charge < -0.3 is 13.6 Å². The van der Waals surface area contributed by atoms with E-state index < -0.39 is 17.2 Å². The smallest absolute Gasteiger partial charge is 0.340 e. The van der Waals surface area contributed by atoms with Gasteiger partial charge in [-0.05, 0) is 55.5 Å². The predicted molar refractivity (Wildman–Crippen MR) is 131 cm³/mol. The van der Waals surface area contributed by atoms with Crippen LogP contribution in [-0.4, -0.2) is 24.0 Å². The summed E-state index contributed by atoms with van der Waals surface area (Å²) >= 11 is 6.83. The first kappa shape index (κ1) is 23.4. The van der Waals surface area contributed by atoms with Gasteiger partial charge in [0.2, 0.25) is 0 Å². The van der Waals surface area contributed by atoms with Gasteiger partial charge in [0.1, 0.15) is 11.2 Å². The van der Waals surface area contributed by atoms with Crippen molar-refractivity contribution in [3.63, 3.8) is 0 Å². The second-order valence-corrected chi connectivity index (χ2v) is 9.26. The molecule has 170 valence electrons. The van der Waals surface area contributed by atoms with Crippen LogP contribution >= 0.6 is 31.9 Å². The van der Waals surface area contributed by atoms with E-state index in [4.69, 9.17) is 13.6 Å². The van der Waals surface area contributed by atoms with Crippen LogP contribution in [0.3, 0.4) is 0 Å². The molecular weight excluding hydrogens is 558 g/mol. The Bertz CT molecular complexity index is 1360. The molecular formula is C24H19Br2NO6. The van der Waals surface area contributed by atoms with Crippen molar-refractivity contribution in [2.45, 2.75) is 20.0 Å². The summed E-state index contributed by atoms with van der Waals surface area (Å²) in [6, 6.07) is 14.1. The monoisotopic (exact) mass is 575 g/mol. The SMILES string of the molecule is CCOC(=O)CN(Cc1cc2cc(Br)ccc2oc1=O)Cc1cc2cc(Br)ccc2oc1=O. The summed E-state index contributed by atoms with van der Waals surface area (Å²) in [7, 11) is 0. The zero-order valence-corrected chi connectivity index (χ0v) is 20.8. The summed E-state index contributed by atoms with van der Waals surface area (Å²) in [5.41, 5.74) is 0.631. The van der Waals surface area contributed by atoms with Crippen LogP contribution in [0.2, 0.25) is 0 Å². The Balaban J connectivity index is 1.69. The minimum absolute atomic E-state index is 0.0829. The zero-order chi connectivity index (χ0) is 23.5. The number of carbonyl (C=O) groups excluding carboxylic acids is 1. The number of nitrogens with zero attached hydrogens (tertiary/aromatic N) is 1. The van der Waals surface area contributed by atoms with Crippen molar-refractivity contribution in [1.82, 2.24) is 4.90 Å². The van der Waals surface area contributed by atoms with Gasteiger partial charge in [0.05, 0.1) is 24.3 Å². The van der Waals surface area contributed by atoms with Crippen LogP contribution in [0.15, 0.2) is 75.9 Å². The molecule has 0 atom stereocenters. The topological polar surface area (TPSA) is 90.0 Å². The molecule has 0 radical (unpaired) electrons. The lowest BCUT2D eigenvalue weighted by Crippen LogP contribution is -2.33.